The molecule has 0 aliphatic rings. The van der Waals surface area contributed by atoms with E-state index in [1.165, 1.54) is 16.0 Å². The van der Waals surface area contributed by atoms with Crippen LogP contribution in [0.3, 0.4) is 0 Å². The Morgan fingerprint density at radius 2 is 2.20 bits per heavy atom. The molecular weight excluding hydrogens is 334 g/mol. The first kappa shape index (κ1) is 15.5. The molecule has 0 saturated carbocycles. The minimum Gasteiger partial charge on any atom is -0.354 e. The summed E-state index contributed by atoms with van der Waals surface area (Å²) < 4.78 is 1.15. The molecule has 0 amide bonds. The van der Waals surface area contributed by atoms with Gasteiger partial charge in [-0.2, -0.15) is 0 Å². The Morgan fingerprint density at radius 3 is 2.80 bits per heavy atom. The highest BCUT2D eigenvalue weighted by Crippen LogP contribution is 2.24. The third-order valence-corrected chi connectivity index (χ3v) is 4.75. The van der Waals surface area contributed by atoms with Gasteiger partial charge in [-0.3, -0.25) is 0 Å². The fourth-order valence-corrected chi connectivity index (χ4v) is 3.64. The second kappa shape index (κ2) is 7.20. The van der Waals surface area contributed by atoms with Crippen molar-refractivity contribution >= 4 is 33.1 Å². The molecule has 2 heterocycles. The van der Waals surface area contributed by atoms with Crippen molar-refractivity contribution in [3.8, 4) is 0 Å². The van der Waals surface area contributed by atoms with Gasteiger partial charge in [0.05, 0.1) is 6.54 Å². The maximum Gasteiger partial charge on any atom is 0.131 e. The molecule has 3 nitrogen and oxygen atoms in total. The number of aromatic nitrogens is 1. The summed E-state index contributed by atoms with van der Waals surface area (Å²) in [6.45, 7) is 6.98. The molecule has 0 atom stereocenters. The zero-order valence-corrected chi connectivity index (χ0v) is 14.5. The topological polar surface area (TPSA) is 28.2 Å². The van der Waals surface area contributed by atoms with Crippen LogP contribution in [0, 0.1) is 6.92 Å². The van der Waals surface area contributed by atoms with Crippen molar-refractivity contribution in [2.45, 2.75) is 26.9 Å². The third kappa shape index (κ3) is 4.04. The maximum absolute atomic E-state index is 4.61. The Morgan fingerprint density at radius 1 is 1.40 bits per heavy atom. The van der Waals surface area contributed by atoms with Crippen molar-refractivity contribution in [2.24, 2.45) is 0 Å². The SMILES string of the molecule is CCNCc1cnc(N(C)Cc2cc(Br)cs2)c(C)c1. The summed E-state index contributed by atoms with van der Waals surface area (Å²) in [6, 6.07) is 4.38. The van der Waals surface area contributed by atoms with E-state index < -0.39 is 0 Å². The number of nitrogens with one attached hydrogen (secondary N) is 1. The number of hydrogen-bond donors (Lipinski definition) is 1. The van der Waals surface area contributed by atoms with Crippen molar-refractivity contribution < 1.29 is 0 Å². The summed E-state index contributed by atoms with van der Waals surface area (Å²) in [5.41, 5.74) is 2.46. The molecular formula is C15H20BrN3S. The van der Waals surface area contributed by atoms with Crippen molar-refractivity contribution in [3.05, 3.63) is 44.2 Å². The molecule has 0 saturated heterocycles. The molecule has 0 aliphatic heterocycles. The highest BCUT2D eigenvalue weighted by Gasteiger charge is 2.09. The molecule has 0 bridgehead atoms. The largest absolute Gasteiger partial charge is 0.354 e. The minimum absolute atomic E-state index is 0.881. The molecule has 0 radical (unpaired) electrons. The van der Waals surface area contributed by atoms with Crippen LogP contribution in [0.25, 0.3) is 0 Å². The van der Waals surface area contributed by atoms with Gasteiger partial charge in [-0.25, -0.2) is 4.98 Å². The molecule has 20 heavy (non-hydrogen) atoms. The molecule has 108 valence electrons. The van der Waals surface area contributed by atoms with Gasteiger partial charge in [0.25, 0.3) is 0 Å². The number of rotatable bonds is 6. The lowest BCUT2D eigenvalue weighted by Gasteiger charge is -2.20. The highest BCUT2D eigenvalue weighted by molar-refractivity contribution is 9.10. The number of aryl methyl sites for hydroxylation is 1. The Bertz CT molecular complexity index is 568. The molecule has 2 aromatic rings. The summed E-state index contributed by atoms with van der Waals surface area (Å²) in [7, 11) is 2.09. The van der Waals surface area contributed by atoms with Gasteiger partial charge >= 0.3 is 0 Å². The minimum atomic E-state index is 0.881. The molecule has 1 N–H and O–H groups in total. The van der Waals surface area contributed by atoms with E-state index in [2.05, 4.69) is 69.5 Å². The van der Waals surface area contributed by atoms with Crippen LogP contribution in [0.4, 0.5) is 5.82 Å². The lowest BCUT2D eigenvalue weighted by molar-refractivity contribution is 0.723. The Kier molecular flexibility index (Phi) is 5.57. The lowest BCUT2D eigenvalue weighted by Crippen LogP contribution is -2.19. The van der Waals surface area contributed by atoms with Crippen LogP contribution in [0.15, 0.2) is 28.2 Å². The van der Waals surface area contributed by atoms with Gasteiger partial charge in [0.15, 0.2) is 0 Å². The average molecular weight is 354 g/mol. The van der Waals surface area contributed by atoms with E-state index in [-0.39, 0.29) is 0 Å². The summed E-state index contributed by atoms with van der Waals surface area (Å²) in [4.78, 5) is 8.14. The molecule has 2 rings (SSSR count). The zero-order chi connectivity index (χ0) is 14.5. The predicted octanol–water partition coefficient (Wildman–Crippen LogP) is 3.96. The van der Waals surface area contributed by atoms with Gasteiger partial charge in [-0.1, -0.05) is 6.92 Å². The molecule has 0 aliphatic carbocycles. The molecule has 0 unspecified atom stereocenters. The molecule has 2 aromatic heterocycles. The van der Waals surface area contributed by atoms with E-state index in [0.717, 1.165) is 29.9 Å². The first-order chi connectivity index (χ1) is 9.60. The van der Waals surface area contributed by atoms with Crippen LogP contribution in [0.1, 0.15) is 22.9 Å². The molecule has 0 fully saturated rings. The van der Waals surface area contributed by atoms with Gasteiger partial charge in [0, 0.05) is 34.5 Å². The van der Waals surface area contributed by atoms with Crippen molar-refractivity contribution in [3.63, 3.8) is 0 Å². The Labute approximate surface area is 133 Å². The van der Waals surface area contributed by atoms with Crippen molar-refractivity contribution in [1.29, 1.82) is 0 Å². The van der Waals surface area contributed by atoms with Gasteiger partial charge < -0.3 is 10.2 Å². The molecule has 0 aromatic carbocycles. The molecule has 0 spiro atoms. The van der Waals surface area contributed by atoms with Crippen LogP contribution < -0.4 is 10.2 Å². The summed E-state index contributed by atoms with van der Waals surface area (Å²) >= 11 is 5.26. The monoisotopic (exact) mass is 353 g/mol. The fraction of sp³-hybridized carbons (Fsp3) is 0.400. The second-order valence-electron chi connectivity index (χ2n) is 4.85. The van der Waals surface area contributed by atoms with E-state index in [9.17, 15) is 0 Å². The smallest absolute Gasteiger partial charge is 0.131 e. The quantitative estimate of drug-likeness (QED) is 0.851. The Hall–Kier alpha value is -0.910. The van der Waals surface area contributed by atoms with Crippen LogP contribution in [0.5, 0.6) is 0 Å². The van der Waals surface area contributed by atoms with Crippen LogP contribution in [-0.2, 0) is 13.1 Å². The van der Waals surface area contributed by atoms with Gasteiger partial charge in [-0.05, 0) is 52.7 Å². The van der Waals surface area contributed by atoms with Gasteiger partial charge in [-0.15, -0.1) is 11.3 Å². The van der Waals surface area contributed by atoms with E-state index in [1.807, 2.05) is 6.20 Å². The van der Waals surface area contributed by atoms with Crippen LogP contribution in [-0.4, -0.2) is 18.6 Å². The maximum atomic E-state index is 4.61. The Balaban J connectivity index is 2.07. The van der Waals surface area contributed by atoms with E-state index >= 15 is 0 Å². The predicted molar refractivity (Wildman–Crippen MR) is 90.5 cm³/mol. The standard InChI is InChI=1S/C15H20BrN3S/c1-4-17-7-12-5-11(2)15(18-8-12)19(3)9-14-6-13(16)10-20-14/h5-6,8,10,17H,4,7,9H2,1-3H3. The van der Waals surface area contributed by atoms with Crippen molar-refractivity contribution in [1.82, 2.24) is 10.3 Å². The zero-order valence-electron chi connectivity index (χ0n) is 12.1. The summed E-state index contributed by atoms with van der Waals surface area (Å²) in [5.74, 6) is 1.05. The van der Waals surface area contributed by atoms with Gasteiger partial charge in [0.2, 0.25) is 0 Å². The van der Waals surface area contributed by atoms with Crippen LogP contribution >= 0.6 is 27.3 Å². The highest BCUT2D eigenvalue weighted by atomic mass is 79.9. The average Bonchev–Trinajstić information content (AvgIpc) is 2.81. The lowest BCUT2D eigenvalue weighted by atomic mass is 10.2. The fourth-order valence-electron chi connectivity index (χ4n) is 2.14. The second-order valence-corrected chi connectivity index (χ2v) is 6.76. The first-order valence-corrected chi connectivity index (χ1v) is 8.37. The van der Waals surface area contributed by atoms with Crippen molar-refractivity contribution in [2.75, 3.05) is 18.5 Å². The van der Waals surface area contributed by atoms with E-state index in [0.29, 0.717) is 0 Å². The summed E-state index contributed by atoms with van der Waals surface area (Å²) in [5, 5.41) is 5.44. The molecule has 5 heteroatoms. The third-order valence-electron chi connectivity index (χ3n) is 3.06. The number of hydrogen-bond acceptors (Lipinski definition) is 4. The van der Waals surface area contributed by atoms with E-state index in [1.54, 1.807) is 11.3 Å². The number of thiophene rings is 1. The number of pyridine rings is 1. The summed E-state index contributed by atoms with van der Waals surface area (Å²) in [6.07, 6.45) is 1.96. The normalized spacial score (nSPS) is 10.8. The number of halogens is 1. The first-order valence-electron chi connectivity index (χ1n) is 6.70. The number of anilines is 1. The van der Waals surface area contributed by atoms with Gasteiger partial charge in [0.1, 0.15) is 5.82 Å². The van der Waals surface area contributed by atoms with E-state index in [4.69, 9.17) is 0 Å². The van der Waals surface area contributed by atoms with Crippen LogP contribution in [0.2, 0.25) is 0 Å². The number of nitrogens with zero attached hydrogens (tertiary/aromatic N) is 2.